The van der Waals surface area contributed by atoms with Gasteiger partial charge in [0.15, 0.2) is 0 Å². The first-order valence-corrected chi connectivity index (χ1v) is 13.0. The third-order valence-electron chi connectivity index (χ3n) is 6.64. The Balaban J connectivity index is 1.29. The lowest BCUT2D eigenvalue weighted by Gasteiger charge is -2.35. The number of aromatic nitrogens is 2. The van der Waals surface area contributed by atoms with E-state index in [4.69, 9.17) is 9.72 Å². The van der Waals surface area contributed by atoms with Gasteiger partial charge in [-0.2, -0.15) is 9.29 Å². The first kappa shape index (κ1) is 21.6. The molecule has 0 spiro atoms. The lowest BCUT2D eigenvalue weighted by molar-refractivity contribution is 0.122. The maximum Gasteiger partial charge on any atom is 0.243 e. The van der Waals surface area contributed by atoms with Crippen molar-refractivity contribution in [1.29, 1.82) is 0 Å². The quantitative estimate of drug-likeness (QED) is 0.695. The van der Waals surface area contributed by atoms with Crippen LogP contribution in [-0.2, 0) is 27.6 Å². The van der Waals surface area contributed by atoms with Crippen LogP contribution >= 0.6 is 0 Å². The summed E-state index contributed by atoms with van der Waals surface area (Å²) in [6.07, 6.45) is 4.36. The highest BCUT2D eigenvalue weighted by molar-refractivity contribution is 7.89. The summed E-state index contributed by atoms with van der Waals surface area (Å²) in [6, 6.07) is 7.68. The average Bonchev–Trinajstić information content (AvgIpc) is 2.84. The predicted octanol–water partition coefficient (Wildman–Crippen LogP) is 2.01. The van der Waals surface area contributed by atoms with Crippen molar-refractivity contribution in [1.82, 2.24) is 14.3 Å². The summed E-state index contributed by atoms with van der Waals surface area (Å²) < 4.78 is 33.6. The van der Waals surface area contributed by atoms with Crippen LogP contribution in [0.4, 0.5) is 11.8 Å². The smallest absolute Gasteiger partial charge is 0.243 e. The Bertz CT molecular complexity index is 1080. The molecule has 8 nitrogen and oxygen atoms in total. The summed E-state index contributed by atoms with van der Waals surface area (Å²) in [7, 11) is -3.48. The molecule has 1 aromatic heterocycles. The number of hydrogen-bond acceptors (Lipinski definition) is 7. The van der Waals surface area contributed by atoms with Crippen molar-refractivity contribution in [3.63, 3.8) is 0 Å². The topological polar surface area (TPSA) is 78.9 Å². The minimum Gasteiger partial charge on any atom is -0.378 e. The number of benzene rings is 1. The highest BCUT2D eigenvalue weighted by Gasteiger charge is 2.30. The standard InChI is InChI=1S/C23H31N5O3S/c1-18-16-22(25-23(24-18)27-12-14-31-15-13-27)26-8-10-28(11-9-26)32(29,30)21-7-6-19-4-2-3-5-20(19)17-21/h6-7,16-17H,2-5,8-15H2,1H3. The van der Waals surface area contributed by atoms with Crippen molar-refractivity contribution in [2.45, 2.75) is 37.5 Å². The van der Waals surface area contributed by atoms with Gasteiger partial charge in [-0.15, -0.1) is 0 Å². The third-order valence-corrected chi connectivity index (χ3v) is 8.54. The van der Waals surface area contributed by atoms with Crippen molar-refractivity contribution >= 4 is 21.8 Å². The molecule has 0 amide bonds. The SMILES string of the molecule is Cc1cc(N2CCN(S(=O)(=O)c3ccc4c(c3)CCCC4)CC2)nc(N2CCOCC2)n1. The second-order valence-corrected chi connectivity index (χ2v) is 10.7. The van der Waals surface area contributed by atoms with Crippen molar-refractivity contribution in [2.24, 2.45) is 0 Å². The maximum absolute atomic E-state index is 13.3. The molecule has 3 aliphatic rings. The Labute approximate surface area is 190 Å². The van der Waals surface area contributed by atoms with Crippen LogP contribution in [0.25, 0.3) is 0 Å². The van der Waals surface area contributed by atoms with Crippen LogP contribution in [0.1, 0.15) is 29.7 Å². The van der Waals surface area contributed by atoms with Crippen molar-refractivity contribution in [2.75, 3.05) is 62.3 Å². The number of aryl methyl sites for hydroxylation is 3. The van der Waals surface area contributed by atoms with Gasteiger partial charge in [0.2, 0.25) is 16.0 Å². The van der Waals surface area contributed by atoms with Gasteiger partial charge >= 0.3 is 0 Å². The van der Waals surface area contributed by atoms with Gasteiger partial charge in [-0.3, -0.25) is 0 Å². The van der Waals surface area contributed by atoms with Gasteiger partial charge in [-0.25, -0.2) is 13.4 Å². The molecule has 0 atom stereocenters. The molecular weight excluding hydrogens is 426 g/mol. The zero-order chi connectivity index (χ0) is 22.1. The molecule has 172 valence electrons. The molecular formula is C23H31N5O3S. The Morgan fingerprint density at radius 3 is 2.31 bits per heavy atom. The van der Waals surface area contributed by atoms with Gasteiger partial charge in [-0.1, -0.05) is 6.07 Å². The predicted molar refractivity (Wildman–Crippen MR) is 124 cm³/mol. The van der Waals surface area contributed by atoms with Crippen LogP contribution in [0.3, 0.4) is 0 Å². The average molecular weight is 458 g/mol. The number of anilines is 2. The van der Waals surface area contributed by atoms with E-state index in [9.17, 15) is 8.42 Å². The number of nitrogens with zero attached hydrogens (tertiary/aromatic N) is 5. The van der Waals surface area contributed by atoms with E-state index in [-0.39, 0.29) is 0 Å². The lowest BCUT2D eigenvalue weighted by atomic mass is 9.92. The van der Waals surface area contributed by atoms with Crippen molar-refractivity contribution in [3.8, 4) is 0 Å². The Morgan fingerprint density at radius 1 is 0.844 bits per heavy atom. The summed E-state index contributed by atoms with van der Waals surface area (Å²) in [6.45, 7) is 7.06. The molecule has 1 aliphatic carbocycles. The summed E-state index contributed by atoms with van der Waals surface area (Å²) >= 11 is 0. The van der Waals surface area contributed by atoms with Gasteiger partial charge in [0.1, 0.15) is 5.82 Å². The van der Waals surface area contributed by atoms with E-state index < -0.39 is 10.0 Å². The maximum atomic E-state index is 13.3. The molecule has 0 N–H and O–H groups in total. The first-order chi connectivity index (χ1) is 15.5. The number of fused-ring (bicyclic) bond motifs is 1. The Morgan fingerprint density at radius 2 is 1.56 bits per heavy atom. The zero-order valence-electron chi connectivity index (χ0n) is 18.7. The molecule has 9 heteroatoms. The zero-order valence-corrected chi connectivity index (χ0v) is 19.5. The summed E-state index contributed by atoms with van der Waals surface area (Å²) in [5.74, 6) is 1.59. The van der Waals surface area contributed by atoms with E-state index in [1.54, 1.807) is 10.4 Å². The van der Waals surface area contributed by atoms with E-state index in [0.29, 0.717) is 44.3 Å². The number of piperazine rings is 1. The number of morpholine rings is 1. The van der Waals surface area contributed by atoms with E-state index in [0.717, 1.165) is 49.8 Å². The number of sulfonamides is 1. The summed E-state index contributed by atoms with van der Waals surface area (Å²) in [5.41, 5.74) is 3.42. The monoisotopic (exact) mass is 457 g/mol. The second-order valence-electron chi connectivity index (χ2n) is 8.80. The molecule has 2 saturated heterocycles. The summed E-state index contributed by atoms with van der Waals surface area (Å²) in [4.78, 5) is 14.1. The van der Waals surface area contributed by atoms with Gasteiger partial charge in [0.25, 0.3) is 0 Å². The molecule has 0 bridgehead atoms. The minimum absolute atomic E-state index is 0.430. The van der Waals surface area contributed by atoms with Crippen LogP contribution in [0.15, 0.2) is 29.2 Å². The molecule has 2 aliphatic heterocycles. The molecule has 5 rings (SSSR count). The van der Waals surface area contributed by atoms with E-state index in [1.165, 1.54) is 17.5 Å². The molecule has 0 unspecified atom stereocenters. The van der Waals surface area contributed by atoms with Crippen LogP contribution in [0, 0.1) is 6.92 Å². The molecule has 1 aromatic carbocycles. The Hall–Kier alpha value is -2.23. The first-order valence-electron chi connectivity index (χ1n) is 11.6. The minimum atomic E-state index is -3.48. The van der Waals surface area contributed by atoms with Gasteiger partial charge in [0.05, 0.1) is 18.1 Å². The molecule has 0 saturated carbocycles. The second kappa shape index (κ2) is 8.96. The van der Waals surface area contributed by atoms with Crippen LogP contribution in [-0.4, -0.2) is 75.2 Å². The van der Waals surface area contributed by atoms with Crippen LogP contribution < -0.4 is 9.80 Å². The number of hydrogen-bond donors (Lipinski definition) is 0. The molecule has 2 aromatic rings. The fraction of sp³-hybridized carbons (Fsp3) is 0.565. The fourth-order valence-corrected chi connectivity index (χ4v) is 6.25. The highest BCUT2D eigenvalue weighted by atomic mass is 32.2. The largest absolute Gasteiger partial charge is 0.378 e. The highest BCUT2D eigenvalue weighted by Crippen LogP contribution is 2.27. The van der Waals surface area contributed by atoms with Gasteiger partial charge in [0, 0.05) is 51.0 Å². The Kier molecular flexibility index (Phi) is 6.05. The van der Waals surface area contributed by atoms with Crippen molar-refractivity contribution < 1.29 is 13.2 Å². The molecule has 32 heavy (non-hydrogen) atoms. The lowest BCUT2D eigenvalue weighted by Crippen LogP contribution is -2.49. The number of rotatable bonds is 4. The van der Waals surface area contributed by atoms with E-state index in [1.807, 2.05) is 25.1 Å². The molecule has 3 heterocycles. The van der Waals surface area contributed by atoms with E-state index >= 15 is 0 Å². The van der Waals surface area contributed by atoms with Crippen molar-refractivity contribution in [3.05, 3.63) is 41.1 Å². The number of ether oxygens (including phenoxy) is 1. The normalized spacial score (nSPS) is 20.3. The summed E-state index contributed by atoms with van der Waals surface area (Å²) in [5, 5.41) is 0. The van der Waals surface area contributed by atoms with E-state index in [2.05, 4.69) is 14.8 Å². The van der Waals surface area contributed by atoms with Gasteiger partial charge in [-0.05, 0) is 55.9 Å². The fourth-order valence-electron chi connectivity index (χ4n) is 4.78. The molecule has 0 radical (unpaired) electrons. The van der Waals surface area contributed by atoms with Crippen LogP contribution in [0.2, 0.25) is 0 Å². The van der Waals surface area contributed by atoms with Gasteiger partial charge < -0.3 is 14.5 Å². The molecule has 2 fully saturated rings. The van der Waals surface area contributed by atoms with Crippen LogP contribution in [0.5, 0.6) is 0 Å². The third kappa shape index (κ3) is 4.33.